The van der Waals surface area contributed by atoms with E-state index in [1.165, 1.54) is 12.5 Å². The molecule has 0 saturated carbocycles. The number of rotatable bonds is 6. The fourth-order valence-corrected chi connectivity index (χ4v) is 2.54. The van der Waals surface area contributed by atoms with Crippen molar-refractivity contribution in [3.05, 3.63) is 58.9 Å². The molecular weight excluding hydrogens is 288 g/mol. The Balaban J connectivity index is 2.17. The second-order valence-corrected chi connectivity index (χ2v) is 6.15. The predicted octanol–water partition coefficient (Wildman–Crippen LogP) is 3.91. The minimum Gasteiger partial charge on any atom is -0.356 e. The first kappa shape index (κ1) is 17.0. The van der Waals surface area contributed by atoms with Gasteiger partial charge in [0.15, 0.2) is 5.78 Å². The Morgan fingerprint density at radius 1 is 1.17 bits per heavy atom. The second kappa shape index (κ2) is 7.27. The minimum absolute atomic E-state index is 0.0594. The highest BCUT2D eigenvalue weighted by atomic mass is 16.2. The zero-order valence-corrected chi connectivity index (χ0v) is 14.1. The number of aromatic amines is 1. The normalized spacial score (nSPS) is 12.2. The molecule has 23 heavy (non-hydrogen) atoms. The highest BCUT2D eigenvalue weighted by Gasteiger charge is 2.20. The number of amides is 1. The Morgan fingerprint density at radius 3 is 2.30 bits per heavy atom. The van der Waals surface area contributed by atoms with Gasteiger partial charge in [0.1, 0.15) is 5.69 Å². The number of ketones is 1. The van der Waals surface area contributed by atoms with Crippen molar-refractivity contribution in [1.29, 1.82) is 0 Å². The van der Waals surface area contributed by atoms with Gasteiger partial charge >= 0.3 is 0 Å². The van der Waals surface area contributed by atoms with Gasteiger partial charge in [-0.25, -0.2) is 0 Å². The smallest absolute Gasteiger partial charge is 0.268 e. The van der Waals surface area contributed by atoms with Gasteiger partial charge in [-0.2, -0.15) is 0 Å². The van der Waals surface area contributed by atoms with Crippen LogP contribution in [-0.4, -0.2) is 16.7 Å². The van der Waals surface area contributed by atoms with E-state index in [0.717, 1.165) is 12.0 Å². The lowest BCUT2D eigenvalue weighted by molar-refractivity contribution is 0.0921. The third-order valence-electron chi connectivity index (χ3n) is 4.03. The quantitative estimate of drug-likeness (QED) is 0.794. The standard InChI is InChI=1S/C19H24N2O2/c1-5-14-6-8-15(9-7-14)18(12(2)3)21-19(23)17-10-16(11-20-17)13(4)22/h6-12,18,20H,5H2,1-4H3,(H,21,23)/t18-/m1/s1. The van der Waals surface area contributed by atoms with Crippen molar-refractivity contribution in [3.8, 4) is 0 Å². The maximum absolute atomic E-state index is 12.4. The largest absolute Gasteiger partial charge is 0.356 e. The summed E-state index contributed by atoms with van der Waals surface area (Å²) in [6, 6.07) is 9.85. The van der Waals surface area contributed by atoms with Crippen molar-refractivity contribution in [2.45, 2.75) is 40.2 Å². The maximum atomic E-state index is 12.4. The topological polar surface area (TPSA) is 62.0 Å². The summed E-state index contributed by atoms with van der Waals surface area (Å²) in [7, 11) is 0. The Kier molecular flexibility index (Phi) is 5.37. The Morgan fingerprint density at radius 2 is 1.83 bits per heavy atom. The Bertz CT molecular complexity index is 684. The molecule has 122 valence electrons. The zero-order chi connectivity index (χ0) is 17.0. The molecule has 0 bridgehead atoms. The van der Waals surface area contributed by atoms with E-state index in [1.807, 2.05) is 0 Å². The van der Waals surface area contributed by atoms with Crippen molar-refractivity contribution in [1.82, 2.24) is 10.3 Å². The molecule has 4 nitrogen and oxygen atoms in total. The third-order valence-corrected chi connectivity index (χ3v) is 4.03. The number of benzene rings is 1. The molecule has 0 aliphatic carbocycles. The fourth-order valence-electron chi connectivity index (χ4n) is 2.54. The molecule has 0 fully saturated rings. The number of hydrogen-bond acceptors (Lipinski definition) is 2. The highest BCUT2D eigenvalue weighted by molar-refractivity contribution is 5.99. The first-order valence-corrected chi connectivity index (χ1v) is 8.01. The molecular formula is C19H24N2O2. The van der Waals surface area contributed by atoms with E-state index in [-0.39, 0.29) is 23.7 Å². The first-order chi connectivity index (χ1) is 10.9. The molecule has 0 aliphatic heterocycles. The summed E-state index contributed by atoms with van der Waals surface area (Å²) in [6.45, 7) is 7.76. The summed E-state index contributed by atoms with van der Waals surface area (Å²) in [5, 5.41) is 3.06. The number of carbonyl (C=O) groups excluding carboxylic acids is 2. The van der Waals surface area contributed by atoms with E-state index in [9.17, 15) is 9.59 Å². The molecule has 1 aromatic heterocycles. The molecule has 1 amide bonds. The van der Waals surface area contributed by atoms with Crippen LogP contribution in [0.4, 0.5) is 0 Å². The number of hydrogen-bond donors (Lipinski definition) is 2. The van der Waals surface area contributed by atoms with Crippen molar-refractivity contribution < 1.29 is 9.59 Å². The van der Waals surface area contributed by atoms with Gasteiger partial charge in [-0.15, -0.1) is 0 Å². The van der Waals surface area contributed by atoms with Gasteiger partial charge in [0.25, 0.3) is 5.91 Å². The van der Waals surface area contributed by atoms with E-state index >= 15 is 0 Å². The molecule has 0 radical (unpaired) electrons. The third kappa shape index (κ3) is 4.09. The van der Waals surface area contributed by atoms with Crippen LogP contribution in [0.25, 0.3) is 0 Å². The molecule has 0 unspecified atom stereocenters. The van der Waals surface area contributed by atoms with Crippen LogP contribution in [0.1, 0.15) is 65.7 Å². The summed E-state index contributed by atoms with van der Waals surface area (Å²) < 4.78 is 0. The van der Waals surface area contributed by atoms with Gasteiger partial charge in [-0.05, 0) is 36.5 Å². The Hall–Kier alpha value is -2.36. The average molecular weight is 312 g/mol. The van der Waals surface area contributed by atoms with Crippen LogP contribution >= 0.6 is 0 Å². The average Bonchev–Trinajstić information content (AvgIpc) is 3.02. The van der Waals surface area contributed by atoms with Crippen molar-refractivity contribution >= 4 is 11.7 Å². The van der Waals surface area contributed by atoms with Crippen LogP contribution < -0.4 is 5.32 Å². The lowest BCUT2D eigenvalue weighted by atomic mass is 9.94. The Labute approximate surface area is 137 Å². The molecule has 0 spiro atoms. The van der Waals surface area contributed by atoms with Crippen LogP contribution in [0, 0.1) is 5.92 Å². The molecule has 4 heteroatoms. The monoisotopic (exact) mass is 312 g/mol. The predicted molar refractivity (Wildman–Crippen MR) is 91.7 cm³/mol. The van der Waals surface area contributed by atoms with Gasteiger partial charge in [0.05, 0.1) is 6.04 Å². The SMILES string of the molecule is CCc1ccc([C@H](NC(=O)c2cc(C(C)=O)c[nH]2)C(C)C)cc1. The van der Waals surface area contributed by atoms with Gasteiger partial charge in [0, 0.05) is 11.8 Å². The van der Waals surface area contributed by atoms with Gasteiger partial charge in [0.2, 0.25) is 0 Å². The van der Waals surface area contributed by atoms with E-state index in [4.69, 9.17) is 0 Å². The van der Waals surface area contributed by atoms with Crippen LogP contribution in [0.2, 0.25) is 0 Å². The lowest BCUT2D eigenvalue weighted by Crippen LogP contribution is -2.32. The second-order valence-electron chi connectivity index (χ2n) is 6.15. The number of carbonyl (C=O) groups is 2. The van der Waals surface area contributed by atoms with Crippen molar-refractivity contribution in [2.75, 3.05) is 0 Å². The molecule has 2 rings (SSSR count). The van der Waals surface area contributed by atoms with Crippen LogP contribution in [0.3, 0.4) is 0 Å². The van der Waals surface area contributed by atoms with Gasteiger partial charge < -0.3 is 10.3 Å². The van der Waals surface area contributed by atoms with E-state index < -0.39 is 0 Å². The first-order valence-electron chi connectivity index (χ1n) is 8.01. The summed E-state index contributed by atoms with van der Waals surface area (Å²) in [4.78, 5) is 26.6. The number of aryl methyl sites for hydroxylation is 1. The molecule has 1 aromatic carbocycles. The summed E-state index contributed by atoms with van der Waals surface area (Å²) >= 11 is 0. The molecule has 1 atom stereocenters. The van der Waals surface area contributed by atoms with Crippen molar-refractivity contribution in [3.63, 3.8) is 0 Å². The lowest BCUT2D eigenvalue weighted by Gasteiger charge is -2.23. The number of H-pyrrole nitrogens is 1. The van der Waals surface area contributed by atoms with Gasteiger partial charge in [-0.3, -0.25) is 9.59 Å². The van der Waals surface area contributed by atoms with Crippen LogP contribution in [-0.2, 0) is 6.42 Å². The number of Topliss-reactive ketones (excluding diaryl/α,β-unsaturated/α-hetero) is 1. The highest BCUT2D eigenvalue weighted by Crippen LogP contribution is 2.23. The zero-order valence-electron chi connectivity index (χ0n) is 14.1. The molecule has 0 aliphatic rings. The summed E-state index contributed by atoms with van der Waals surface area (Å²) in [6.07, 6.45) is 2.56. The minimum atomic E-state index is -0.198. The van der Waals surface area contributed by atoms with Gasteiger partial charge in [-0.1, -0.05) is 45.0 Å². The molecule has 0 saturated heterocycles. The van der Waals surface area contributed by atoms with Crippen molar-refractivity contribution in [2.24, 2.45) is 5.92 Å². The van der Waals surface area contributed by atoms with E-state index in [1.54, 1.807) is 12.3 Å². The number of nitrogens with one attached hydrogen (secondary N) is 2. The molecule has 1 heterocycles. The maximum Gasteiger partial charge on any atom is 0.268 e. The van der Waals surface area contributed by atoms with E-state index in [0.29, 0.717) is 11.3 Å². The number of aromatic nitrogens is 1. The summed E-state index contributed by atoms with van der Waals surface area (Å²) in [5.74, 6) is 0.000276. The van der Waals surface area contributed by atoms with E-state index in [2.05, 4.69) is 55.3 Å². The summed E-state index contributed by atoms with van der Waals surface area (Å²) in [5.41, 5.74) is 3.29. The fraction of sp³-hybridized carbons (Fsp3) is 0.368. The van der Waals surface area contributed by atoms with Crippen LogP contribution in [0.5, 0.6) is 0 Å². The molecule has 2 N–H and O–H groups in total. The van der Waals surface area contributed by atoms with Crippen LogP contribution in [0.15, 0.2) is 36.5 Å². The molecule has 2 aromatic rings.